The fourth-order valence-electron chi connectivity index (χ4n) is 1.55. The minimum absolute atomic E-state index is 0.0531. The van der Waals surface area contributed by atoms with Gasteiger partial charge in [-0.3, -0.25) is 4.79 Å². The SMILES string of the molecule is CCOC(=O)Cc1c(OC(F)(F)F)cc(N)nc1CN. The van der Waals surface area contributed by atoms with Gasteiger partial charge in [0.2, 0.25) is 0 Å². The number of halogens is 3. The van der Waals surface area contributed by atoms with Crippen molar-refractivity contribution in [3.63, 3.8) is 0 Å². The number of carbonyl (C=O) groups excluding carboxylic acids is 1. The van der Waals surface area contributed by atoms with Gasteiger partial charge in [-0.05, 0) is 6.92 Å². The summed E-state index contributed by atoms with van der Waals surface area (Å²) in [5, 5.41) is 0. The molecule has 9 heteroatoms. The van der Waals surface area contributed by atoms with Gasteiger partial charge in [0.05, 0.1) is 18.7 Å². The van der Waals surface area contributed by atoms with Gasteiger partial charge in [-0.25, -0.2) is 4.98 Å². The number of carbonyl (C=O) groups is 1. The monoisotopic (exact) mass is 293 g/mol. The van der Waals surface area contributed by atoms with Crippen LogP contribution in [-0.4, -0.2) is 23.9 Å². The largest absolute Gasteiger partial charge is 0.573 e. The highest BCUT2D eigenvalue weighted by atomic mass is 19.4. The lowest BCUT2D eigenvalue weighted by Crippen LogP contribution is -2.21. The van der Waals surface area contributed by atoms with Crippen LogP contribution in [-0.2, 0) is 22.5 Å². The molecule has 0 spiro atoms. The van der Waals surface area contributed by atoms with E-state index in [1.165, 1.54) is 0 Å². The number of rotatable bonds is 5. The van der Waals surface area contributed by atoms with Crippen LogP contribution in [0, 0.1) is 0 Å². The van der Waals surface area contributed by atoms with E-state index in [0.717, 1.165) is 6.07 Å². The van der Waals surface area contributed by atoms with Crippen molar-refractivity contribution in [1.29, 1.82) is 0 Å². The van der Waals surface area contributed by atoms with Crippen LogP contribution in [0.5, 0.6) is 5.75 Å². The van der Waals surface area contributed by atoms with E-state index >= 15 is 0 Å². The lowest BCUT2D eigenvalue weighted by molar-refractivity contribution is -0.275. The molecule has 0 aliphatic heterocycles. The van der Waals surface area contributed by atoms with Crippen LogP contribution in [0.25, 0.3) is 0 Å². The number of hydrogen-bond donors (Lipinski definition) is 2. The Morgan fingerprint density at radius 1 is 1.45 bits per heavy atom. The number of hydrogen-bond acceptors (Lipinski definition) is 6. The molecule has 0 fully saturated rings. The van der Waals surface area contributed by atoms with Crippen molar-refractivity contribution in [2.24, 2.45) is 5.73 Å². The Kier molecular flexibility index (Phi) is 5.14. The maximum atomic E-state index is 12.3. The first-order chi connectivity index (χ1) is 9.26. The van der Waals surface area contributed by atoms with Crippen molar-refractivity contribution >= 4 is 11.8 Å². The van der Waals surface area contributed by atoms with Crippen molar-refractivity contribution in [1.82, 2.24) is 4.98 Å². The third-order valence-corrected chi connectivity index (χ3v) is 2.23. The zero-order valence-electron chi connectivity index (χ0n) is 10.7. The van der Waals surface area contributed by atoms with Gasteiger partial charge in [-0.1, -0.05) is 0 Å². The number of esters is 1. The predicted molar refractivity (Wildman–Crippen MR) is 63.6 cm³/mol. The highest BCUT2D eigenvalue weighted by Crippen LogP contribution is 2.30. The molecule has 0 aliphatic rings. The maximum absolute atomic E-state index is 12.3. The van der Waals surface area contributed by atoms with Gasteiger partial charge in [-0.2, -0.15) is 0 Å². The van der Waals surface area contributed by atoms with Gasteiger partial charge >= 0.3 is 12.3 Å². The second kappa shape index (κ2) is 6.42. The van der Waals surface area contributed by atoms with E-state index in [1.54, 1.807) is 6.92 Å². The number of anilines is 1. The van der Waals surface area contributed by atoms with E-state index in [4.69, 9.17) is 11.5 Å². The zero-order chi connectivity index (χ0) is 15.3. The Balaban J connectivity index is 3.18. The summed E-state index contributed by atoms with van der Waals surface area (Å²) in [5.41, 5.74) is 10.7. The molecule has 1 aromatic heterocycles. The Morgan fingerprint density at radius 2 is 2.10 bits per heavy atom. The first-order valence-corrected chi connectivity index (χ1v) is 5.66. The molecule has 20 heavy (non-hydrogen) atoms. The lowest BCUT2D eigenvalue weighted by Gasteiger charge is -2.16. The van der Waals surface area contributed by atoms with Gasteiger partial charge in [0.15, 0.2) is 0 Å². The summed E-state index contributed by atoms with van der Waals surface area (Å²) in [6.45, 7) is 1.50. The number of ether oxygens (including phenoxy) is 2. The Hall–Kier alpha value is -2.03. The molecule has 6 nitrogen and oxygen atoms in total. The number of nitrogens with two attached hydrogens (primary N) is 2. The van der Waals surface area contributed by atoms with E-state index in [1.807, 2.05) is 0 Å². The molecule has 0 bridgehead atoms. The van der Waals surface area contributed by atoms with Crippen LogP contribution in [0.2, 0.25) is 0 Å². The van der Waals surface area contributed by atoms with Crippen molar-refractivity contribution in [2.45, 2.75) is 26.3 Å². The third-order valence-electron chi connectivity index (χ3n) is 2.23. The summed E-state index contributed by atoms with van der Waals surface area (Å²) in [4.78, 5) is 15.2. The summed E-state index contributed by atoms with van der Waals surface area (Å²) in [5.74, 6) is -1.49. The van der Waals surface area contributed by atoms with Gasteiger partial charge in [-0.15, -0.1) is 13.2 Å². The average molecular weight is 293 g/mol. The number of nitrogens with zero attached hydrogens (tertiary/aromatic N) is 1. The topological polar surface area (TPSA) is 100 Å². The smallest absolute Gasteiger partial charge is 0.466 e. The van der Waals surface area contributed by atoms with Gasteiger partial charge in [0, 0.05) is 18.2 Å². The van der Waals surface area contributed by atoms with Crippen molar-refractivity contribution < 1.29 is 27.4 Å². The van der Waals surface area contributed by atoms with Gasteiger partial charge < -0.3 is 20.9 Å². The molecule has 0 amide bonds. The molecule has 0 saturated heterocycles. The van der Waals surface area contributed by atoms with Crippen molar-refractivity contribution in [3.05, 3.63) is 17.3 Å². The van der Waals surface area contributed by atoms with Crippen LogP contribution < -0.4 is 16.2 Å². The fraction of sp³-hybridized carbons (Fsp3) is 0.455. The fourth-order valence-corrected chi connectivity index (χ4v) is 1.55. The molecule has 0 aromatic carbocycles. The summed E-state index contributed by atoms with van der Waals surface area (Å²) in [7, 11) is 0. The van der Waals surface area contributed by atoms with Crippen LogP contribution in [0.3, 0.4) is 0 Å². The number of pyridine rings is 1. The standard InChI is InChI=1S/C11H14F3N3O3/c1-2-19-10(18)3-6-7(5-15)17-9(16)4-8(6)20-11(12,13)14/h4H,2-3,5,15H2,1H3,(H2,16,17). The summed E-state index contributed by atoms with van der Waals surface area (Å²) < 4.78 is 45.6. The van der Waals surface area contributed by atoms with E-state index < -0.39 is 24.5 Å². The molecule has 112 valence electrons. The second-order valence-corrected chi connectivity index (χ2v) is 3.70. The Labute approximate surface area is 112 Å². The average Bonchev–Trinajstić information content (AvgIpc) is 2.30. The molecule has 0 radical (unpaired) electrons. The molecule has 0 atom stereocenters. The minimum Gasteiger partial charge on any atom is -0.466 e. The first-order valence-electron chi connectivity index (χ1n) is 5.66. The quantitative estimate of drug-likeness (QED) is 0.789. The van der Waals surface area contributed by atoms with Gasteiger partial charge in [0.25, 0.3) is 0 Å². The molecule has 0 aliphatic carbocycles. The van der Waals surface area contributed by atoms with Crippen LogP contribution in [0.15, 0.2) is 6.07 Å². The van der Waals surface area contributed by atoms with Crippen LogP contribution >= 0.6 is 0 Å². The zero-order valence-corrected chi connectivity index (χ0v) is 10.7. The van der Waals surface area contributed by atoms with Crippen molar-refractivity contribution in [3.8, 4) is 5.75 Å². The second-order valence-electron chi connectivity index (χ2n) is 3.70. The number of alkyl halides is 3. The van der Waals surface area contributed by atoms with E-state index in [9.17, 15) is 18.0 Å². The number of nitrogen functional groups attached to an aromatic ring is 1. The highest BCUT2D eigenvalue weighted by molar-refractivity contribution is 5.74. The van der Waals surface area contributed by atoms with E-state index in [0.29, 0.717) is 0 Å². The van der Waals surface area contributed by atoms with E-state index in [2.05, 4.69) is 14.5 Å². The molecule has 1 heterocycles. The lowest BCUT2D eigenvalue weighted by atomic mass is 10.1. The molecule has 0 saturated carbocycles. The van der Waals surface area contributed by atoms with E-state index in [-0.39, 0.29) is 30.2 Å². The van der Waals surface area contributed by atoms with Crippen LogP contribution in [0.4, 0.5) is 19.0 Å². The van der Waals surface area contributed by atoms with Crippen LogP contribution in [0.1, 0.15) is 18.2 Å². The molecule has 0 unspecified atom stereocenters. The minimum atomic E-state index is -4.91. The maximum Gasteiger partial charge on any atom is 0.573 e. The normalized spacial score (nSPS) is 11.2. The predicted octanol–water partition coefficient (Wildman–Crippen LogP) is 1.13. The summed E-state index contributed by atoms with van der Waals surface area (Å²) in [6.07, 6.45) is -5.35. The van der Waals surface area contributed by atoms with Gasteiger partial charge in [0.1, 0.15) is 11.6 Å². The highest BCUT2D eigenvalue weighted by Gasteiger charge is 2.33. The Morgan fingerprint density at radius 3 is 2.60 bits per heavy atom. The first kappa shape index (κ1) is 16.0. The van der Waals surface area contributed by atoms with Crippen molar-refractivity contribution in [2.75, 3.05) is 12.3 Å². The molecule has 4 N–H and O–H groups in total. The Bertz CT molecular complexity index is 492. The third kappa shape index (κ3) is 4.57. The summed E-state index contributed by atoms with van der Waals surface area (Å²) >= 11 is 0. The molecular formula is C11H14F3N3O3. The molecule has 1 aromatic rings. The molecule has 1 rings (SSSR count). The summed E-state index contributed by atoms with van der Waals surface area (Å²) in [6, 6.07) is 0.890. The molecular weight excluding hydrogens is 279 g/mol. The number of aromatic nitrogens is 1.